The summed E-state index contributed by atoms with van der Waals surface area (Å²) in [5.41, 5.74) is 1.23. The van der Waals surface area contributed by atoms with Crippen molar-refractivity contribution in [3.63, 3.8) is 0 Å². The van der Waals surface area contributed by atoms with Crippen LogP contribution < -0.4 is 10.0 Å². The number of rotatable bonds is 7. The van der Waals surface area contributed by atoms with Gasteiger partial charge in [0.05, 0.1) is 4.90 Å². The average Bonchev–Trinajstić information content (AvgIpc) is 2.55. The van der Waals surface area contributed by atoms with Crippen LogP contribution in [-0.4, -0.2) is 26.9 Å². The maximum absolute atomic E-state index is 12.6. The van der Waals surface area contributed by atoms with E-state index in [1.807, 2.05) is 20.8 Å². The molecule has 0 heterocycles. The van der Waals surface area contributed by atoms with Crippen molar-refractivity contribution in [1.29, 1.82) is 0 Å². The second-order valence-corrected chi connectivity index (χ2v) is 9.13. The summed E-state index contributed by atoms with van der Waals surface area (Å²) in [7, 11) is -3.59. The topological polar surface area (TPSA) is 75.3 Å². The molecular formula is C19H30N2O3S. The van der Waals surface area contributed by atoms with Gasteiger partial charge in [0.25, 0.3) is 5.91 Å². The minimum atomic E-state index is -3.59. The van der Waals surface area contributed by atoms with Crippen molar-refractivity contribution in [1.82, 2.24) is 10.0 Å². The van der Waals surface area contributed by atoms with Crippen LogP contribution >= 0.6 is 0 Å². The third-order valence-corrected chi connectivity index (χ3v) is 6.18. The van der Waals surface area contributed by atoms with E-state index in [4.69, 9.17) is 0 Å². The molecule has 140 valence electrons. The molecule has 1 aliphatic carbocycles. The van der Waals surface area contributed by atoms with Crippen LogP contribution in [0, 0.1) is 12.8 Å². The fraction of sp³-hybridized carbons (Fsp3) is 0.632. The Bertz CT molecular complexity index is 693. The van der Waals surface area contributed by atoms with Gasteiger partial charge in [-0.1, -0.05) is 39.2 Å². The molecular weight excluding hydrogens is 336 g/mol. The number of carbonyl (C=O) groups is 1. The average molecular weight is 367 g/mol. The molecule has 0 aromatic heterocycles. The number of aryl methyl sites for hydroxylation is 1. The quantitative estimate of drug-likeness (QED) is 0.777. The van der Waals surface area contributed by atoms with E-state index in [1.54, 1.807) is 12.1 Å². The van der Waals surface area contributed by atoms with E-state index in [0.29, 0.717) is 18.0 Å². The highest BCUT2D eigenvalue weighted by molar-refractivity contribution is 7.89. The Morgan fingerprint density at radius 3 is 2.52 bits per heavy atom. The molecule has 0 atom stereocenters. The molecule has 0 bridgehead atoms. The zero-order valence-electron chi connectivity index (χ0n) is 15.5. The van der Waals surface area contributed by atoms with Gasteiger partial charge >= 0.3 is 0 Å². The Balaban J connectivity index is 2.11. The molecule has 0 aliphatic heterocycles. The molecule has 5 nitrogen and oxygen atoms in total. The van der Waals surface area contributed by atoms with E-state index in [-0.39, 0.29) is 16.8 Å². The molecule has 2 rings (SSSR count). The molecule has 0 unspecified atom stereocenters. The van der Waals surface area contributed by atoms with E-state index in [2.05, 4.69) is 10.0 Å². The third kappa shape index (κ3) is 5.82. The maximum atomic E-state index is 12.6. The second kappa shape index (κ2) is 8.81. The Morgan fingerprint density at radius 1 is 1.20 bits per heavy atom. The molecule has 1 fully saturated rings. The highest BCUT2D eigenvalue weighted by Gasteiger charge is 2.20. The Labute approximate surface area is 151 Å². The number of hydrogen-bond donors (Lipinski definition) is 2. The van der Waals surface area contributed by atoms with E-state index in [0.717, 1.165) is 37.7 Å². The first-order valence-electron chi connectivity index (χ1n) is 9.21. The standard InChI is InChI=1S/C19H30N2O3S/c1-14(2)11-12-20-25(23,24)17-10-9-15(3)18(13-17)19(22)21-16-7-5-4-6-8-16/h9-10,13-14,16,20H,4-8,11-12H2,1-3H3,(H,21,22). The molecule has 1 amide bonds. The Hall–Kier alpha value is -1.40. The predicted molar refractivity (Wildman–Crippen MR) is 100 cm³/mol. The van der Waals surface area contributed by atoms with Crippen molar-refractivity contribution in [2.75, 3.05) is 6.54 Å². The molecule has 0 spiro atoms. The van der Waals surface area contributed by atoms with Crippen LogP contribution in [0.3, 0.4) is 0 Å². The zero-order valence-corrected chi connectivity index (χ0v) is 16.3. The first-order chi connectivity index (χ1) is 11.8. The summed E-state index contributed by atoms with van der Waals surface area (Å²) in [4.78, 5) is 12.7. The van der Waals surface area contributed by atoms with Crippen LogP contribution in [0.2, 0.25) is 0 Å². The van der Waals surface area contributed by atoms with Gasteiger partial charge < -0.3 is 5.32 Å². The summed E-state index contributed by atoms with van der Waals surface area (Å²) in [6, 6.07) is 4.95. The molecule has 1 aromatic carbocycles. The first kappa shape index (κ1) is 19.9. The fourth-order valence-electron chi connectivity index (χ4n) is 3.09. The Kier molecular flexibility index (Phi) is 7.02. The van der Waals surface area contributed by atoms with Crippen molar-refractivity contribution in [3.05, 3.63) is 29.3 Å². The van der Waals surface area contributed by atoms with E-state index in [1.165, 1.54) is 12.5 Å². The summed E-state index contributed by atoms with van der Waals surface area (Å²) in [5, 5.41) is 3.06. The lowest BCUT2D eigenvalue weighted by Gasteiger charge is -2.23. The van der Waals surface area contributed by atoms with E-state index < -0.39 is 10.0 Å². The number of sulfonamides is 1. The van der Waals surface area contributed by atoms with Gasteiger partial charge in [-0.25, -0.2) is 13.1 Å². The van der Waals surface area contributed by atoms with Crippen molar-refractivity contribution in [2.24, 2.45) is 5.92 Å². The normalized spacial score (nSPS) is 16.2. The minimum absolute atomic E-state index is 0.149. The first-order valence-corrected chi connectivity index (χ1v) is 10.7. The molecule has 6 heteroatoms. The van der Waals surface area contributed by atoms with Gasteiger partial charge in [-0.05, 0) is 49.8 Å². The molecule has 1 aromatic rings. The molecule has 1 aliphatic rings. The van der Waals surface area contributed by atoms with Gasteiger partial charge in [-0.15, -0.1) is 0 Å². The van der Waals surface area contributed by atoms with Crippen LogP contribution in [0.25, 0.3) is 0 Å². The lowest BCUT2D eigenvalue weighted by Crippen LogP contribution is -2.36. The maximum Gasteiger partial charge on any atom is 0.251 e. The van der Waals surface area contributed by atoms with E-state index in [9.17, 15) is 13.2 Å². The summed E-state index contributed by atoms with van der Waals surface area (Å²) in [5.74, 6) is 0.251. The smallest absolute Gasteiger partial charge is 0.251 e. The number of amides is 1. The monoisotopic (exact) mass is 366 g/mol. The van der Waals surface area contributed by atoms with Crippen LogP contribution in [-0.2, 0) is 10.0 Å². The molecule has 1 saturated carbocycles. The van der Waals surface area contributed by atoms with Crippen LogP contribution in [0.15, 0.2) is 23.1 Å². The third-order valence-electron chi connectivity index (χ3n) is 4.72. The number of nitrogens with one attached hydrogen (secondary N) is 2. The van der Waals surface area contributed by atoms with Crippen LogP contribution in [0.4, 0.5) is 0 Å². The summed E-state index contributed by atoms with van der Waals surface area (Å²) >= 11 is 0. The lowest BCUT2D eigenvalue weighted by molar-refractivity contribution is 0.0927. The van der Waals surface area contributed by atoms with Crippen molar-refractivity contribution < 1.29 is 13.2 Å². The van der Waals surface area contributed by atoms with Gasteiger partial charge in [-0.3, -0.25) is 4.79 Å². The van der Waals surface area contributed by atoms with Crippen LogP contribution in [0.1, 0.15) is 68.3 Å². The highest BCUT2D eigenvalue weighted by Crippen LogP contribution is 2.20. The molecule has 0 radical (unpaired) electrons. The predicted octanol–water partition coefficient (Wildman–Crippen LogP) is 3.38. The molecule has 2 N–H and O–H groups in total. The van der Waals surface area contributed by atoms with Crippen molar-refractivity contribution in [3.8, 4) is 0 Å². The second-order valence-electron chi connectivity index (χ2n) is 7.37. The minimum Gasteiger partial charge on any atom is -0.349 e. The summed E-state index contributed by atoms with van der Waals surface area (Å²) in [6.45, 7) is 6.33. The summed E-state index contributed by atoms with van der Waals surface area (Å²) in [6.07, 6.45) is 6.27. The van der Waals surface area contributed by atoms with Gasteiger partial charge in [-0.2, -0.15) is 0 Å². The van der Waals surface area contributed by atoms with Crippen LogP contribution in [0.5, 0.6) is 0 Å². The van der Waals surface area contributed by atoms with Crippen molar-refractivity contribution in [2.45, 2.75) is 70.2 Å². The van der Waals surface area contributed by atoms with Crippen molar-refractivity contribution >= 4 is 15.9 Å². The van der Waals surface area contributed by atoms with E-state index >= 15 is 0 Å². The highest BCUT2D eigenvalue weighted by atomic mass is 32.2. The zero-order chi connectivity index (χ0) is 18.4. The fourth-order valence-corrected chi connectivity index (χ4v) is 4.16. The number of benzene rings is 1. The van der Waals surface area contributed by atoms with Gasteiger partial charge in [0.1, 0.15) is 0 Å². The molecule has 25 heavy (non-hydrogen) atoms. The Morgan fingerprint density at radius 2 is 1.88 bits per heavy atom. The lowest BCUT2D eigenvalue weighted by atomic mass is 9.95. The largest absolute Gasteiger partial charge is 0.349 e. The SMILES string of the molecule is Cc1ccc(S(=O)(=O)NCCC(C)C)cc1C(=O)NC1CCCCC1. The van der Waals surface area contributed by atoms with Gasteiger partial charge in [0.2, 0.25) is 10.0 Å². The number of hydrogen-bond acceptors (Lipinski definition) is 3. The number of carbonyl (C=O) groups excluding carboxylic acids is 1. The van der Waals surface area contributed by atoms with Gasteiger partial charge in [0, 0.05) is 18.2 Å². The molecule has 0 saturated heterocycles. The van der Waals surface area contributed by atoms with Gasteiger partial charge in [0.15, 0.2) is 0 Å². The summed E-state index contributed by atoms with van der Waals surface area (Å²) < 4.78 is 27.5.